The Hall–Kier alpha value is -2.50. The van der Waals surface area contributed by atoms with E-state index in [0.29, 0.717) is 12.1 Å². The minimum absolute atomic E-state index is 0. The topological polar surface area (TPSA) is 63.1 Å². The molecule has 1 atom stereocenters. The first-order chi connectivity index (χ1) is 13.0. The second kappa shape index (κ2) is 11.4. The zero-order chi connectivity index (χ0) is 19.8. The maximum atomic E-state index is 14.3. The summed E-state index contributed by atoms with van der Waals surface area (Å²) in [5.74, 6) is -2.25. The summed E-state index contributed by atoms with van der Waals surface area (Å²) in [5, 5.41) is 8.32. The van der Waals surface area contributed by atoms with Crippen molar-refractivity contribution in [2.45, 2.75) is 26.2 Å². The molecule has 7 heteroatoms. The van der Waals surface area contributed by atoms with Crippen LogP contribution < -0.4 is 0 Å². The van der Waals surface area contributed by atoms with Crippen LogP contribution in [-0.2, 0) is 20.1 Å². The van der Waals surface area contributed by atoms with Crippen LogP contribution in [0.5, 0.6) is 0 Å². The molecular formula is C21H19F2IrN2O2-. The third-order valence-electron chi connectivity index (χ3n) is 3.97. The number of pyridine rings is 2. The van der Waals surface area contributed by atoms with Gasteiger partial charge in [-0.15, -0.1) is 12.1 Å². The monoisotopic (exact) mass is 562 g/mol. The van der Waals surface area contributed by atoms with Crippen molar-refractivity contribution in [3.05, 3.63) is 83.8 Å². The third-order valence-corrected chi connectivity index (χ3v) is 3.97. The first-order valence-electron chi connectivity index (χ1n) is 8.41. The van der Waals surface area contributed by atoms with Crippen LogP contribution in [0.3, 0.4) is 0 Å². The van der Waals surface area contributed by atoms with Gasteiger partial charge >= 0.3 is 5.97 Å². The zero-order valence-corrected chi connectivity index (χ0v) is 17.7. The molecule has 149 valence electrons. The fraction of sp³-hybridized carbons (Fsp3) is 0.190. The van der Waals surface area contributed by atoms with Crippen LogP contribution in [0.15, 0.2) is 54.9 Å². The standard InChI is InChI=1S/C15H14F2N.C6H5NO2.Ir/c1-3-10(2)14-12(16)8-7-11(15(14)17)13-6-4-5-9-18-13;8-6(9)5-3-1-2-4-7-5;/h4-6,8-10H,3H2,1-2H3;1-4H,(H,8,9);/q-1;;. The van der Waals surface area contributed by atoms with Crippen molar-refractivity contribution in [3.8, 4) is 11.3 Å². The minimum atomic E-state index is -0.990. The molecule has 0 spiro atoms. The molecule has 0 aliphatic carbocycles. The summed E-state index contributed by atoms with van der Waals surface area (Å²) in [6.45, 7) is 3.71. The maximum Gasteiger partial charge on any atom is 0.354 e. The molecule has 1 unspecified atom stereocenters. The number of rotatable bonds is 4. The van der Waals surface area contributed by atoms with Gasteiger partial charge in [0.05, 0.1) is 0 Å². The Bertz CT molecular complexity index is 894. The summed E-state index contributed by atoms with van der Waals surface area (Å²) in [7, 11) is 0. The van der Waals surface area contributed by atoms with E-state index < -0.39 is 17.6 Å². The first-order valence-corrected chi connectivity index (χ1v) is 8.41. The van der Waals surface area contributed by atoms with Crippen molar-refractivity contribution >= 4 is 5.97 Å². The molecule has 3 rings (SSSR count). The molecule has 2 aromatic heterocycles. The summed E-state index contributed by atoms with van der Waals surface area (Å²) in [5.41, 5.74) is 0.904. The number of aromatic nitrogens is 2. The van der Waals surface area contributed by atoms with Crippen molar-refractivity contribution in [1.82, 2.24) is 9.97 Å². The Labute approximate surface area is 176 Å². The van der Waals surface area contributed by atoms with Gasteiger partial charge in [0, 0.05) is 44.1 Å². The van der Waals surface area contributed by atoms with E-state index in [2.05, 4.69) is 16.0 Å². The molecule has 0 amide bonds. The molecule has 3 aromatic rings. The van der Waals surface area contributed by atoms with E-state index in [9.17, 15) is 13.6 Å². The average Bonchev–Trinajstić information content (AvgIpc) is 2.69. The van der Waals surface area contributed by atoms with Gasteiger partial charge in [0.1, 0.15) is 5.69 Å². The number of hydrogen-bond acceptors (Lipinski definition) is 3. The average molecular weight is 562 g/mol. The normalized spacial score (nSPS) is 10.9. The number of halogens is 2. The quantitative estimate of drug-likeness (QED) is 0.450. The van der Waals surface area contributed by atoms with Crippen LogP contribution >= 0.6 is 0 Å². The van der Waals surface area contributed by atoms with Crippen LogP contribution in [0.1, 0.15) is 42.2 Å². The maximum absolute atomic E-state index is 14.3. The van der Waals surface area contributed by atoms with Gasteiger partial charge in [-0.25, -0.2) is 9.78 Å². The van der Waals surface area contributed by atoms with Gasteiger partial charge in [-0.1, -0.05) is 49.6 Å². The predicted octanol–water partition coefficient (Wildman–Crippen LogP) is 5.12. The first kappa shape index (κ1) is 23.5. The Morgan fingerprint density at radius 2 is 1.79 bits per heavy atom. The van der Waals surface area contributed by atoms with Crippen LogP contribution in [-0.4, -0.2) is 21.0 Å². The number of carboxylic acid groups (broad SMARTS) is 1. The molecule has 0 fully saturated rings. The Morgan fingerprint density at radius 1 is 1.14 bits per heavy atom. The van der Waals surface area contributed by atoms with Crippen LogP contribution in [0.2, 0.25) is 0 Å². The van der Waals surface area contributed by atoms with Crippen LogP contribution in [0.25, 0.3) is 11.3 Å². The van der Waals surface area contributed by atoms with E-state index in [1.807, 2.05) is 13.8 Å². The van der Waals surface area contributed by atoms with Crippen molar-refractivity contribution in [3.63, 3.8) is 0 Å². The van der Waals surface area contributed by atoms with Gasteiger partial charge < -0.3 is 10.1 Å². The molecule has 0 aliphatic rings. The number of aromatic carboxylic acids is 1. The van der Waals surface area contributed by atoms with E-state index in [0.717, 1.165) is 0 Å². The molecule has 4 nitrogen and oxygen atoms in total. The number of carbonyl (C=O) groups is 1. The van der Waals surface area contributed by atoms with Crippen molar-refractivity contribution < 1.29 is 38.8 Å². The molecule has 1 N–H and O–H groups in total. The molecule has 0 saturated heterocycles. The zero-order valence-electron chi connectivity index (χ0n) is 15.3. The molecule has 1 aromatic carbocycles. The molecule has 28 heavy (non-hydrogen) atoms. The molecule has 2 heterocycles. The molecule has 0 aliphatic heterocycles. The fourth-order valence-corrected chi connectivity index (χ4v) is 2.36. The van der Waals surface area contributed by atoms with Gasteiger partial charge in [0.2, 0.25) is 0 Å². The largest absolute Gasteiger partial charge is 0.477 e. The van der Waals surface area contributed by atoms with Crippen molar-refractivity contribution in [2.75, 3.05) is 0 Å². The smallest absolute Gasteiger partial charge is 0.354 e. The van der Waals surface area contributed by atoms with E-state index in [1.54, 1.807) is 36.5 Å². The van der Waals surface area contributed by atoms with E-state index >= 15 is 0 Å². The summed E-state index contributed by atoms with van der Waals surface area (Å²) < 4.78 is 28.0. The molecule has 0 bridgehead atoms. The summed E-state index contributed by atoms with van der Waals surface area (Å²) >= 11 is 0. The van der Waals surface area contributed by atoms with Crippen LogP contribution in [0, 0.1) is 17.7 Å². The summed E-state index contributed by atoms with van der Waals surface area (Å²) in [6.07, 6.45) is 3.71. The fourth-order valence-electron chi connectivity index (χ4n) is 2.36. The number of benzene rings is 1. The van der Waals surface area contributed by atoms with E-state index in [4.69, 9.17) is 5.11 Å². The summed E-state index contributed by atoms with van der Waals surface area (Å²) in [6, 6.07) is 13.8. The van der Waals surface area contributed by atoms with E-state index in [1.165, 1.54) is 18.3 Å². The minimum Gasteiger partial charge on any atom is -0.477 e. The van der Waals surface area contributed by atoms with Gasteiger partial charge in [-0.2, -0.15) is 0 Å². The van der Waals surface area contributed by atoms with Gasteiger partial charge in [0.25, 0.3) is 0 Å². The van der Waals surface area contributed by atoms with Crippen molar-refractivity contribution in [2.24, 2.45) is 0 Å². The van der Waals surface area contributed by atoms with Crippen LogP contribution in [0.4, 0.5) is 8.78 Å². The van der Waals surface area contributed by atoms with Gasteiger partial charge in [-0.3, -0.25) is 8.78 Å². The third kappa shape index (κ3) is 6.01. The second-order valence-electron chi connectivity index (χ2n) is 5.78. The predicted molar refractivity (Wildman–Crippen MR) is 98.3 cm³/mol. The Balaban J connectivity index is 0.000000332. The number of hydrogen-bond donors (Lipinski definition) is 1. The molecule has 0 saturated carbocycles. The van der Waals surface area contributed by atoms with Crippen molar-refractivity contribution in [1.29, 1.82) is 0 Å². The Kier molecular flexibility index (Phi) is 9.56. The number of nitrogens with zero attached hydrogens (tertiary/aromatic N) is 2. The Morgan fingerprint density at radius 3 is 2.25 bits per heavy atom. The van der Waals surface area contributed by atoms with Gasteiger partial charge in [0.15, 0.2) is 0 Å². The number of carboxylic acids is 1. The van der Waals surface area contributed by atoms with Gasteiger partial charge in [-0.05, 0) is 29.8 Å². The molecule has 1 radical (unpaired) electrons. The van der Waals surface area contributed by atoms with E-state index in [-0.39, 0.29) is 42.8 Å². The SMILES string of the molecule is CCC(C)c1c(F)c[c-]c(-c2ccccn2)c1F.O=C(O)c1ccccn1.[Ir]. The summed E-state index contributed by atoms with van der Waals surface area (Å²) in [4.78, 5) is 17.8. The molecular weight excluding hydrogens is 542 g/mol. The second-order valence-corrected chi connectivity index (χ2v) is 5.78.